The highest BCUT2D eigenvalue weighted by atomic mass is 35.5. The van der Waals surface area contributed by atoms with E-state index in [-0.39, 0.29) is 17.1 Å². The van der Waals surface area contributed by atoms with Crippen LogP contribution in [0.25, 0.3) is 0 Å². The van der Waals surface area contributed by atoms with Crippen molar-refractivity contribution in [3.63, 3.8) is 0 Å². The fourth-order valence-corrected chi connectivity index (χ4v) is 3.05. The average Bonchev–Trinajstić information content (AvgIpc) is 2.66. The van der Waals surface area contributed by atoms with E-state index in [4.69, 9.17) is 11.6 Å². The maximum atomic E-state index is 12.6. The van der Waals surface area contributed by atoms with E-state index < -0.39 is 5.41 Å². The molecule has 0 aromatic carbocycles. The zero-order valence-corrected chi connectivity index (χ0v) is 11.1. The third-order valence-corrected chi connectivity index (χ3v) is 4.43. The largest absolute Gasteiger partial charge is 0.295 e. The number of hydrogen-bond donors (Lipinski definition) is 0. The quantitative estimate of drug-likeness (QED) is 0.776. The van der Waals surface area contributed by atoms with Gasteiger partial charge in [-0.1, -0.05) is 6.42 Å². The Morgan fingerprint density at radius 1 is 1.53 bits per heavy atom. The molecule has 0 spiro atoms. The molecule has 0 bridgehead atoms. The number of aromatic nitrogens is 2. The molecule has 6 heteroatoms. The molecule has 1 saturated carbocycles. The van der Waals surface area contributed by atoms with E-state index in [2.05, 4.69) is 16.0 Å². The minimum Gasteiger partial charge on any atom is -0.295 e. The van der Waals surface area contributed by atoms with Crippen LogP contribution in [0.1, 0.15) is 25.7 Å². The van der Waals surface area contributed by atoms with Crippen LogP contribution in [0.5, 0.6) is 0 Å². The lowest BCUT2D eigenvalue weighted by molar-refractivity contribution is -0.126. The maximum Gasteiger partial charge on any atom is 0.248 e. The summed E-state index contributed by atoms with van der Waals surface area (Å²) in [5.41, 5.74) is -0.852. The fourth-order valence-electron chi connectivity index (χ4n) is 2.91. The van der Waals surface area contributed by atoms with Gasteiger partial charge in [0.2, 0.25) is 11.2 Å². The van der Waals surface area contributed by atoms with Gasteiger partial charge in [0.05, 0.1) is 6.07 Å². The molecule has 2 aliphatic rings. The highest BCUT2D eigenvalue weighted by Crippen LogP contribution is 2.48. The number of hydrogen-bond acceptors (Lipinski definition) is 4. The molecule has 2 heterocycles. The van der Waals surface area contributed by atoms with Crippen molar-refractivity contribution in [3.8, 4) is 6.07 Å². The lowest BCUT2D eigenvalue weighted by Gasteiger charge is -2.36. The number of anilines is 1. The monoisotopic (exact) mass is 276 g/mol. The van der Waals surface area contributed by atoms with Gasteiger partial charge in [0.25, 0.3) is 0 Å². The van der Waals surface area contributed by atoms with Crippen LogP contribution in [0.15, 0.2) is 12.3 Å². The number of carbonyl (C=O) groups excluding carboxylic acids is 1. The van der Waals surface area contributed by atoms with Crippen molar-refractivity contribution in [2.75, 3.05) is 11.4 Å². The van der Waals surface area contributed by atoms with Crippen LogP contribution in [0.2, 0.25) is 5.28 Å². The van der Waals surface area contributed by atoms with Crippen LogP contribution in [-0.4, -0.2) is 22.4 Å². The predicted octanol–water partition coefficient (Wildman–Crippen LogP) is 2.18. The normalized spacial score (nSPS) is 27.2. The molecule has 3 rings (SSSR count). The summed E-state index contributed by atoms with van der Waals surface area (Å²) in [4.78, 5) is 22.0. The Hall–Kier alpha value is -1.67. The van der Waals surface area contributed by atoms with Gasteiger partial charge in [0, 0.05) is 12.7 Å². The minimum atomic E-state index is -0.852. The van der Waals surface area contributed by atoms with Crippen molar-refractivity contribution in [3.05, 3.63) is 17.5 Å². The van der Waals surface area contributed by atoms with Crippen LogP contribution in [-0.2, 0) is 4.79 Å². The third kappa shape index (κ3) is 1.79. The molecule has 1 atom stereocenters. The van der Waals surface area contributed by atoms with Crippen LogP contribution < -0.4 is 4.90 Å². The van der Waals surface area contributed by atoms with E-state index >= 15 is 0 Å². The molecule has 1 saturated heterocycles. The first-order valence-electron chi connectivity index (χ1n) is 6.39. The predicted molar refractivity (Wildman–Crippen MR) is 69.4 cm³/mol. The molecule has 1 aromatic rings. The van der Waals surface area contributed by atoms with Gasteiger partial charge in [-0.05, 0) is 42.8 Å². The molecule has 1 amide bonds. The van der Waals surface area contributed by atoms with Gasteiger partial charge in [0.1, 0.15) is 11.2 Å². The van der Waals surface area contributed by atoms with Crippen LogP contribution in [0.4, 0.5) is 5.82 Å². The van der Waals surface area contributed by atoms with E-state index in [1.165, 1.54) is 6.20 Å². The molecule has 1 aromatic heterocycles. The van der Waals surface area contributed by atoms with Gasteiger partial charge < -0.3 is 0 Å². The topological polar surface area (TPSA) is 69.9 Å². The van der Waals surface area contributed by atoms with Crippen molar-refractivity contribution >= 4 is 23.3 Å². The minimum absolute atomic E-state index is 0.114. The molecule has 5 nitrogen and oxygen atoms in total. The summed E-state index contributed by atoms with van der Waals surface area (Å²) in [6.45, 7) is 0.524. The van der Waals surface area contributed by atoms with Crippen LogP contribution in [0.3, 0.4) is 0 Å². The summed E-state index contributed by atoms with van der Waals surface area (Å²) in [6, 6.07) is 3.93. The second kappa shape index (κ2) is 4.46. The average molecular weight is 277 g/mol. The molecule has 1 aliphatic heterocycles. The van der Waals surface area contributed by atoms with Gasteiger partial charge in [-0.25, -0.2) is 9.97 Å². The van der Waals surface area contributed by atoms with E-state index in [1.54, 1.807) is 11.0 Å². The van der Waals surface area contributed by atoms with Gasteiger partial charge in [-0.3, -0.25) is 9.69 Å². The van der Waals surface area contributed by atoms with Crippen molar-refractivity contribution in [1.29, 1.82) is 5.26 Å². The number of carbonyl (C=O) groups is 1. The molecule has 0 N–H and O–H groups in total. The lowest BCUT2D eigenvalue weighted by Crippen LogP contribution is -2.42. The molecule has 2 fully saturated rings. The molecule has 19 heavy (non-hydrogen) atoms. The summed E-state index contributed by atoms with van der Waals surface area (Å²) in [5.74, 6) is 0.559. The maximum absolute atomic E-state index is 12.6. The Morgan fingerprint density at radius 2 is 2.32 bits per heavy atom. The van der Waals surface area contributed by atoms with E-state index in [0.717, 1.165) is 19.3 Å². The van der Waals surface area contributed by atoms with Crippen molar-refractivity contribution < 1.29 is 4.79 Å². The highest BCUT2D eigenvalue weighted by molar-refractivity contribution is 6.28. The van der Waals surface area contributed by atoms with Gasteiger partial charge >= 0.3 is 0 Å². The Kier molecular flexibility index (Phi) is 2.90. The zero-order valence-electron chi connectivity index (χ0n) is 10.3. The first-order valence-corrected chi connectivity index (χ1v) is 6.77. The highest BCUT2D eigenvalue weighted by Gasteiger charge is 2.54. The first-order chi connectivity index (χ1) is 9.17. The van der Waals surface area contributed by atoms with Crippen LogP contribution >= 0.6 is 11.6 Å². The molecule has 0 radical (unpaired) electrons. The zero-order chi connectivity index (χ0) is 13.5. The van der Waals surface area contributed by atoms with E-state index in [0.29, 0.717) is 18.8 Å². The van der Waals surface area contributed by atoms with Gasteiger partial charge in [-0.2, -0.15) is 5.26 Å². The standard InChI is InChI=1S/C13H13ClN4O/c14-12-16-6-4-10(17-12)18-7-5-13(8-15,11(18)19)9-2-1-3-9/h4,6,9H,1-3,5,7H2. The molecule has 1 unspecified atom stereocenters. The number of rotatable bonds is 2. The fraction of sp³-hybridized carbons (Fsp3) is 0.538. The van der Waals surface area contributed by atoms with Gasteiger partial charge in [-0.15, -0.1) is 0 Å². The number of halogens is 1. The Balaban J connectivity index is 1.91. The molecule has 98 valence electrons. The summed E-state index contributed by atoms with van der Waals surface area (Å²) in [5, 5.41) is 9.60. The van der Waals surface area contributed by atoms with Crippen molar-refractivity contribution in [1.82, 2.24) is 9.97 Å². The molecular formula is C13H13ClN4O. The van der Waals surface area contributed by atoms with Crippen molar-refractivity contribution in [2.45, 2.75) is 25.7 Å². The summed E-state index contributed by atoms with van der Waals surface area (Å²) in [6.07, 6.45) is 5.15. The first kappa shape index (κ1) is 12.4. The number of nitrogens with zero attached hydrogens (tertiary/aromatic N) is 4. The van der Waals surface area contributed by atoms with Crippen LogP contribution in [0, 0.1) is 22.7 Å². The van der Waals surface area contributed by atoms with Crippen molar-refractivity contribution in [2.24, 2.45) is 11.3 Å². The third-order valence-electron chi connectivity index (χ3n) is 4.25. The van der Waals surface area contributed by atoms with E-state index in [1.807, 2.05) is 0 Å². The number of amides is 1. The Bertz CT molecular complexity index is 566. The lowest BCUT2D eigenvalue weighted by atomic mass is 9.65. The van der Waals surface area contributed by atoms with E-state index in [9.17, 15) is 10.1 Å². The summed E-state index contributed by atoms with van der Waals surface area (Å²) >= 11 is 5.75. The SMILES string of the molecule is N#CC1(C2CCC2)CCN(c2ccnc(Cl)n2)C1=O. The Labute approximate surface area is 116 Å². The smallest absolute Gasteiger partial charge is 0.248 e. The summed E-state index contributed by atoms with van der Waals surface area (Å²) < 4.78 is 0. The number of nitriles is 1. The molecular weight excluding hydrogens is 264 g/mol. The summed E-state index contributed by atoms with van der Waals surface area (Å²) in [7, 11) is 0. The Morgan fingerprint density at radius 3 is 2.89 bits per heavy atom. The van der Waals surface area contributed by atoms with Gasteiger partial charge in [0.15, 0.2) is 0 Å². The second-order valence-electron chi connectivity index (χ2n) is 5.10. The molecule has 1 aliphatic carbocycles. The second-order valence-corrected chi connectivity index (χ2v) is 5.44.